The lowest BCUT2D eigenvalue weighted by molar-refractivity contribution is -0.127. The fourth-order valence-corrected chi connectivity index (χ4v) is 3.99. The number of anilines is 2. The van der Waals surface area contributed by atoms with Crippen LogP contribution in [0.3, 0.4) is 0 Å². The molecule has 0 aromatic carbocycles. The van der Waals surface area contributed by atoms with Gasteiger partial charge in [-0.3, -0.25) is 4.79 Å². The second-order valence-corrected chi connectivity index (χ2v) is 7.89. The van der Waals surface area contributed by atoms with Gasteiger partial charge in [0.1, 0.15) is 5.56 Å². The first-order valence-corrected chi connectivity index (χ1v) is 10.3. The van der Waals surface area contributed by atoms with Crippen LogP contribution in [0.4, 0.5) is 11.8 Å². The van der Waals surface area contributed by atoms with Gasteiger partial charge in [-0.25, -0.2) is 4.98 Å². The molecule has 3 unspecified atom stereocenters. The summed E-state index contributed by atoms with van der Waals surface area (Å²) < 4.78 is 10.0. The molecule has 0 saturated heterocycles. The van der Waals surface area contributed by atoms with Crippen LogP contribution in [0.5, 0.6) is 5.88 Å². The van der Waals surface area contributed by atoms with Crippen LogP contribution in [0.2, 0.25) is 5.15 Å². The molecule has 168 valence electrons. The number of carbonyl (C=O) groups excluding carboxylic acids is 1. The lowest BCUT2D eigenvalue weighted by Gasteiger charge is -2.30. The van der Waals surface area contributed by atoms with E-state index in [-0.39, 0.29) is 28.9 Å². The topological polar surface area (TPSA) is 139 Å². The summed E-state index contributed by atoms with van der Waals surface area (Å²) in [4.78, 5) is 24.7. The molecule has 2 aromatic heterocycles. The second-order valence-electron chi connectivity index (χ2n) is 7.53. The Morgan fingerprint density at radius 1 is 1.28 bits per heavy atom. The normalized spacial score (nSPS) is 25.5. The molecule has 2 aromatic rings. The van der Waals surface area contributed by atoms with Crippen LogP contribution in [0, 0.1) is 17.8 Å². The van der Waals surface area contributed by atoms with Gasteiger partial charge in [-0.15, -0.1) is 0 Å². The van der Waals surface area contributed by atoms with E-state index in [4.69, 9.17) is 21.1 Å². The van der Waals surface area contributed by atoms with Gasteiger partial charge in [0.25, 0.3) is 0 Å². The molecule has 2 aliphatic rings. The molecular weight excluding hydrogens is 438 g/mol. The minimum atomic E-state index is -1.88. The van der Waals surface area contributed by atoms with Crippen LogP contribution in [0.1, 0.15) is 24.0 Å². The maximum Gasteiger partial charge on any atom is 0.226 e. The average molecular weight is 460 g/mol. The van der Waals surface area contributed by atoms with E-state index in [0.29, 0.717) is 31.0 Å². The number of Topliss-reactive ketones (excluding diaryl/α,β-unsaturated/α-hetero) is 1. The molecule has 32 heavy (non-hydrogen) atoms. The quantitative estimate of drug-likeness (QED) is 0.203. The molecule has 0 aliphatic heterocycles. The van der Waals surface area contributed by atoms with Crippen molar-refractivity contribution in [1.82, 2.24) is 15.0 Å². The van der Waals surface area contributed by atoms with E-state index < -0.39 is 23.0 Å². The third kappa shape index (κ3) is 3.84. The smallest absolute Gasteiger partial charge is 0.226 e. The van der Waals surface area contributed by atoms with E-state index in [1.165, 1.54) is 13.3 Å². The Morgan fingerprint density at radius 3 is 2.72 bits per heavy atom. The van der Waals surface area contributed by atoms with Crippen molar-refractivity contribution in [2.75, 3.05) is 38.0 Å². The van der Waals surface area contributed by atoms with Crippen LogP contribution in [-0.2, 0) is 9.53 Å². The van der Waals surface area contributed by atoms with Crippen molar-refractivity contribution >= 4 is 29.2 Å². The Labute approximate surface area is 189 Å². The van der Waals surface area contributed by atoms with Gasteiger partial charge in [0, 0.05) is 31.5 Å². The maximum absolute atomic E-state index is 12.0. The standard InChI is InChI=1S/C21H22ClN5O5/c1-31-10-9-23-19-25-17(22)13(5-3-12-4-6-15(32-2)24-11-12)18(26-19)27-20(29)8-7-14-16(28)21(14,20)30/h4,6,11,14,29-30H,7-10H2,1-2H3,(H2,23,25,26,27). The number of ketones is 1. The van der Waals surface area contributed by atoms with Crippen LogP contribution < -0.4 is 15.4 Å². The van der Waals surface area contributed by atoms with Crippen molar-refractivity contribution in [2.24, 2.45) is 5.92 Å². The molecule has 10 nitrogen and oxygen atoms in total. The minimum absolute atomic E-state index is 0.0312. The number of ether oxygens (including phenoxy) is 2. The van der Waals surface area contributed by atoms with Crippen molar-refractivity contribution in [3.05, 3.63) is 34.6 Å². The van der Waals surface area contributed by atoms with Crippen molar-refractivity contribution in [3.63, 3.8) is 0 Å². The van der Waals surface area contributed by atoms with Gasteiger partial charge < -0.3 is 30.3 Å². The summed E-state index contributed by atoms with van der Waals surface area (Å²) in [6.45, 7) is 0.833. The fourth-order valence-electron chi connectivity index (χ4n) is 3.77. The first-order valence-electron chi connectivity index (χ1n) is 9.92. The predicted molar refractivity (Wildman–Crippen MR) is 115 cm³/mol. The summed E-state index contributed by atoms with van der Waals surface area (Å²) in [6, 6.07) is 3.39. The zero-order valence-corrected chi connectivity index (χ0v) is 18.2. The molecule has 4 N–H and O–H groups in total. The highest BCUT2D eigenvalue weighted by atomic mass is 35.5. The van der Waals surface area contributed by atoms with Gasteiger partial charge in [-0.1, -0.05) is 23.4 Å². The fraction of sp³-hybridized carbons (Fsp3) is 0.429. The number of nitrogens with zero attached hydrogens (tertiary/aromatic N) is 3. The van der Waals surface area contributed by atoms with Crippen molar-refractivity contribution in [2.45, 2.75) is 24.2 Å². The third-order valence-corrected chi connectivity index (χ3v) is 5.87. The molecule has 2 saturated carbocycles. The number of hydrogen-bond acceptors (Lipinski definition) is 10. The van der Waals surface area contributed by atoms with Gasteiger partial charge in [-0.2, -0.15) is 9.97 Å². The van der Waals surface area contributed by atoms with E-state index in [2.05, 4.69) is 37.4 Å². The largest absolute Gasteiger partial charge is 0.481 e. The molecule has 2 fully saturated rings. The number of rotatable bonds is 7. The van der Waals surface area contributed by atoms with Crippen molar-refractivity contribution < 1.29 is 24.5 Å². The molecule has 0 amide bonds. The van der Waals surface area contributed by atoms with Gasteiger partial charge in [0.2, 0.25) is 11.8 Å². The van der Waals surface area contributed by atoms with E-state index in [1.54, 1.807) is 19.2 Å². The van der Waals surface area contributed by atoms with Crippen molar-refractivity contribution in [3.8, 4) is 17.7 Å². The van der Waals surface area contributed by atoms with E-state index in [1.807, 2.05) is 0 Å². The summed E-state index contributed by atoms with van der Waals surface area (Å²) in [5.41, 5.74) is -2.94. The third-order valence-electron chi connectivity index (χ3n) is 5.60. The number of halogens is 1. The summed E-state index contributed by atoms with van der Waals surface area (Å²) in [5.74, 6) is 5.55. The summed E-state index contributed by atoms with van der Waals surface area (Å²) in [5, 5.41) is 27.5. The van der Waals surface area contributed by atoms with Crippen LogP contribution in [-0.4, -0.2) is 69.6 Å². The molecule has 0 bridgehead atoms. The number of nitrogens with one attached hydrogen (secondary N) is 2. The number of aromatic nitrogens is 3. The minimum Gasteiger partial charge on any atom is -0.481 e. The van der Waals surface area contributed by atoms with Crippen molar-refractivity contribution in [1.29, 1.82) is 0 Å². The first-order chi connectivity index (χ1) is 15.3. The molecule has 2 heterocycles. The number of carbonyl (C=O) groups is 1. The number of methoxy groups -OCH3 is 2. The lowest BCUT2D eigenvalue weighted by atomic mass is 10.0. The number of aliphatic hydroxyl groups is 2. The summed E-state index contributed by atoms with van der Waals surface area (Å²) in [6.07, 6.45) is 2.08. The Kier molecular flexibility index (Phi) is 5.92. The van der Waals surface area contributed by atoms with Crippen LogP contribution in [0.15, 0.2) is 18.3 Å². The number of pyridine rings is 1. The molecule has 2 aliphatic carbocycles. The predicted octanol–water partition coefficient (Wildman–Crippen LogP) is 0.816. The highest BCUT2D eigenvalue weighted by Gasteiger charge is 2.79. The Balaban J connectivity index is 1.68. The number of hydrogen-bond donors (Lipinski definition) is 4. The zero-order valence-electron chi connectivity index (χ0n) is 17.5. The number of fused-ring (bicyclic) bond motifs is 1. The van der Waals surface area contributed by atoms with Gasteiger partial charge in [0.05, 0.1) is 19.6 Å². The first kappa shape index (κ1) is 22.2. The summed E-state index contributed by atoms with van der Waals surface area (Å²) >= 11 is 6.39. The van der Waals surface area contributed by atoms with E-state index in [9.17, 15) is 15.0 Å². The van der Waals surface area contributed by atoms with Crippen LogP contribution in [0.25, 0.3) is 0 Å². The highest BCUT2D eigenvalue weighted by molar-refractivity contribution is 6.31. The van der Waals surface area contributed by atoms with E-state index in [0.717, 1.165) is 0 Å². The second kappa shape index (κ2) is 8.52. The summed E-state index contributed by atoms with van der Waals surface area (Å²) in [7, 11) is 3.08. The Morgan fingerprint density at radius 2 is 2.09 bits per heavy atom. The monoisotopic (exact) mass is 459 g/mol. The average Bonchev–Trinajstić information content (AvgIpc) is 3.21. The Bertz CT molecular complexity index is 1100. The maximum atomic E-state index is 12.0. The molecule has 3 atom stereocenters. The molecule has 4 rings (SSSR count). The van der Waals surface area contributed by atoms with Gasteiger partial charge in [0.15, 0.2) is 28.1 Å². The van der Waals surface area contributed by atoms with Gasteiger partial charge >= 0.3 is 0 Å². The molecular formula is C21H22ClN5O5. The highest BCUT2D eigenvalue weighted by Crippen LogP contribution is 2.57. The SMILES string of the molecule is COCCNc1nc(Cl)c(C#Cc2ccc(OC)nc2)c(NC2(O)CCC3C(=O)C32O)n1. The molecule has 0 spiro atoms. The molecule has 11 heteroatoms. The molecule has 0 radical (unpaired) electrons. The van der Waals surface area contributed by atoms with Gasteiger partial charge in [-0.05, 0) is 18.9 Å². The Hall–Kier alpha value is -2.97. The van der Waals surface area contributed by atoms with Crippen LogP contribution >= 0.6 is 11.6 Å². The lowest BCUT2D eigenvalue weighted by Crippen LogP contribution is -2.51. The zero-order chi connectivity index (χ0) is 22.9. The van der Waals surface area contributed by atoms with E-state index >= 15 is 0 Å².